The van der Waals surface area contributed by atoms with Gasteiger partial charge in [0, 0.05) is 42.6 Å². The van der Waals surface area contributed by atoms with E-state index in [2.05, 4.69) is 53.7 Å². The van der Waals surface area contributed by atoms with E-state index in [-0.39, 0.29) is 52.4 Å². The van der Waals surface area contributed by atoms with Gasteiger partial charge >= 0.3 is 11.4 Å². The number of nitrogens with one attached hydrogen (secondary N) is 2. The molecule has 6 rings (SSSR count). The Bertz CT molecular complexity index is 2240. The average Bonchev–Trinajstić information content (AvgIpc) is 3.64. The zero-order valence-electron chi connectivity index (χ0n) is 28.7. The molecule has 0 atom stereocenters. The molecule has 0 saturated carbocycles. The molecule has 0 aliphatic carbocycles. The average molecular weight is 678 g/mol. The highest BCUT2D eigenvalue weighted by Crippen LogP contribution is 2.17. The molecule has 0 amide bonds. The summed E-state index contributed by atoms with van der Waals surface area (Å²) in [6, 6.07) is 3.70. The van der Waals surface area contributed by atoms with Crippen LogP contribution in [0.3, 0.4) is 0 Å². The van der Waals surface area contributed by atoms with Gasteiger partial charge in [-0.25, -0.2) is 29.5 Å². The predicted molar refractivity (Wildman–Crippen MR) is 188 cm³/mol. The molecule has 262 valence electrons. The van der Waals surface area contributed by atoms with Gasteiger partial charge in [-0.05, 0) is 61.5 Å². The van der Waals surface area contributed by atoms with Crippen LogP contribution in [0.15, 0.2) is 62.7 Å². The number of nitrogen functional groups attached to an aromatic ring is 3. The van der Waals surface area contributed by atoms with Crippen LogP contribution in [0.4, 0.5) is 17.6 Å². The van der Waals surface area contributed by atoms with Crippen LogP contribution in [0.5, 0.6) is 0 Å². The summed E-state index contributed by atoms with van der Waals surface area (Å²) >= 11 is 0. The Labute approximate surface area is 279 Å². The number of aromatic nitrogens is 12. The van der Waals surface area contributed by atoms with Crippen LogP contribution in [0.25, 0.3) is 22.3 Å². The molecule has 8 N–H and O–H groups in total. The highest BCUT2D eigenvalue weighted by Gasteiger charge is 2.11. The third kappa shape index (κ3) is 9.46. The number of rotatable bonds is 4. The number of nitrogens with zero attached hydrogens (tertiary/aromatic N) is 10. The lowest BCUT2D eigenvalue weighted by molar-refractivity contribution is 0.561. The Morgan fingerprint density at radius 3 is 1.71 bits per heavy atom. The van der Waals surface area contributed by atoms with Gasteiger partial charge in [0.25, 0.3) is 11.1 Å². The first-order valence-corrected chi connectivity index (χ1v) is 15.3. The molecule has 0 saturated heterocycles. The highest BCUT2D eigenvalue weighted by atomic mass is 16.2. The summed E-state index contributed by atoms with van der Waals surface area (Å²) in [7, 11) is 0. The quantitative estimate of drug-likeness (QED) is 0.178. The topological polar surface area (TPSA) is 275 Å². The Kier molecular flexibility index (Phi) is 12.3. The van der Waals surface area contributed by atoms with Crippen molar-refractivity contribution in [1.82, 2.24) is 58.1 Å². The van der Waals surface area contributed by atoms with Gasteiger partial charge in [0.1, 0.15) is 17.7 Å². The Morgan fingerprint density at radius 1 is 0.612 bits per heavy atom. The zero-order valence-corrected chi connectivity index (χ0v) is 28.7. The van der Waals surface area contributed by atoms with Crippen molar-refractivity contribution in [3.05, 3.63) is 85.2 Å². The lowest BCUT2D eigenvalue weighted by atomic mass is 10.4. The maximum Gasteiger partial charge on any atom is 0.349 e. The Balaban J connectivity index is 0.000000178. The minimum atomic E-state index is -0.355. The van der Waals surface area contributed by atoms with E-state index in [1.54, 1.807) is 29.5 Å². The fourth-order valence-corrected chi connectivity index (χ4v) is 4.22. The molecular weight excluding hydrogens is 634 g/mol. The van der Waals surface area contributed by atoms with Crippen molar-refractivity contribution < 1.29 is 0 Å². The molecule has 0 spiro atoms. The van der Waals surface area contributed by atoms with Crippen molar-refractivity contribution >= 4 is 39.9 Å². The van der Waals surface area contributed by atoms with Crippen LogP contribution in [0.2, 0.25) is 0 Å². The minimum Gasteiger partial charge on any atom is -0.383 e. The largest absolute Gasteiger partial charge is 0.383 e. The summed E-state index contributed by atoms with van der Waals surface area (Å²) in [5.41, 5.74) is 17.4. The lowest BCUT2D eigenvalue weighted by Gasteiger charge is -2.07. The second-order valence-electron chi connectivity index (χ2n) is 11.8. The number of anilines is 3. The molecule has 6 aromatic heterocycles. The Hall–Kier alpha value is -6.14. The van der Waals surface area contributed by atoms with Crippen LogP contribution in [-0.4, -0.2) is 58.1 Å². The lowest BCUT2D eigenvalue weighted by Crippen LogP contribution is -2.29. The number of aromatic amines is 2. The van der Waals surface area contributed by atoms with Gasteiger partial charge in [-0.1, -0.05) is 0 Å². The third-order valence-electron chi connectivity index (χ3n) is 6.77. The summed E-state index contributed by atoms with van der Waals surface area (Å²) in [4.78, 5) is 72.4. The van der Waals surface area contributed by atoms with Crippen LogP contribution in [0, 0.1) is 0 Å². The fourth-order valence-electron chi connectivity index (χ4n) is 4.22. The van der Waals surface area contributed by atoms with Gasteiger partial charge in [-0.2, -0.15) is 9.97 Å². The smallest absolute Gasteiger partial charge is 0.349 e. The minimum absolute atomic E-state index is 0.0827. The second-order valence-corrected chi connectivity index (χ2v) is 11.8. The van der Waals surface area contributed by atoms with E-state index in [0.717, 1.165) is 5.65 Å². The van der Waals surface area contributed by atoms with Crippen LogP contribution in [-0.2, 0) is 0 Å². The summed E-state index contributed by atoms with van der Waals surface area (Å²) in [5, 5.41) is 0. The molecule has 0 aliphatic heterocycles. The molecule has 0 radical (unpaired) electrons. The van der Waals surface area contributed by atoms with Crippen molar-refractivity contribution in [2.75, 3.05) is 17.2 Å². The molecule has 19 heteroatoms. The molecule has 19 nitrogen and oxygen atoms in total. The first-order chi connectivity index (χ1) is 23.0. The van der Waals surface area contributed by atoms with Gasteiger partial charge in [0.05, 0.1) is 12.7 Å². The first-order valence-electron chi connectivity index (χ1n) is 15.3. The predicted octanol–water partition coefficient (Wildman–Crippen LogP) is 1.80. The number of H-pyrrole nitrogens is 2. The van der Waals surface area contributed by atoms with E-state index in [1.807, 2.05) is 46.1 Å². The number of imidazole rings is 2. The summed E-state index contributed by atoms with van der Waals surface area (Å²) in [6.45, 7) is 15.7. The summed E-state index contributed by atoms with van der Waals surface area (Å²) < 4.78 is 6.76. The van der Waals surface area contributed by atoms with Gasteiger partial charge in [-0.3, -0.25) is 28.7 Å². The second kappa shape index (κ2) is 16.1. The van der Waals surface area contributed by atoms with E-state index >= 15 is 0 Å². The van der Waals surface area contributed by atoms with Crippen molar-refractivity contribution in [2.24, 2.45) is 0 Å². The Morgan fingerprint density at radius 2 is 1.16 bits per heavy atom. The maximum atomic E-state index is 11.4. The summed E-state index contributed by atoms with van der Waals surface area (Å²) in [6.07, 6.45) is 7.93. The van der Waals surface area contributed by atoms with Crippen molar-refractivity contribution in [2.45, 2.75) is 79.6 Å². The normalized spacial score (nSPS) is 10.9. The molecule has 0 aliphatic rings. The molecular formula is C30H43N15O4. The van der Waals surface area contributed by atoms with Crippen molar-refractivity contribution in [3.8, 4) is 0 Å². The first kappa shape index (κ1) is 37.3. The van der Waals surface area contributed by atoms with E-state index in [4.69, 9.17) is 17.2 Å². The van der Waals surface area contributed by atoms with Gasteiger partial charge in [-0.15, -0.1) is 0 Å². The molecule has 0 fully saturated rings. The van der Waals surface area contributed by atoms with Gasteiger partial charge in [0.2, 0.25) is 5.95 Å². The van der Waals surface area contributed by atoms with Crippen LogP contribution in [0.1, 0.15) is 79.6 Å². The molecule has 49 heavy (non-hydrogen) atoms. The van der Waals surface area contributed by atoms with E-state index in [1.165, 1.54) is 27.7 Å². The monoisotopic (exact) mass is 677 g/mol. The molecule has 0 unspecified atom stereocenters. The van der Waals surface area contributed by atoms with Gasteiger partial charge in [0.15, 0.2) is 22.6 Å². The molecule has 0 bridgehead atoms. The van der Waals surface area contributed by atoms with Gasteiger partial charge < -0.3 is 26.3 Å². The number of hydrogen-bond acceptors (Lipinski definition) is 13. The van der Waals surface area contributed by atoms with E-state index < -0.39 is 0 Å². The number of hydrogen-bond donors (Lipinski definition) is 5. The van der Waals surface area contributed by atoms with E-state index in [0.29, 0.717) is 28.5 Å². The van der Waals surface area contributed by atoms with Crippen LogP contribution >= 0.6 is 0 Å². The molecule has 0 aromatic carbocycles. The number of nitrogens with two attached hydrogens (primary N) is 3. The molecule has 6 aromatic rings. The van der Waals surface area contributed by atoms with Crippen molar-refractivity contribution in [3.63, 3.8) is 0 Å². The standard InChI is InChI=1S/C8H11N5O.C8H11N5.C7H11N3O.C7H10N2O2/c1-4(2)13-3-10-5-6(13)11-8(9)12-7(5)14;1-5(2)13-4-12-6-7(9)10-3-11-8(6)13;1-5(2)10-4-3-6(8)9-7(10)11;1-5(2)9-4-3-6(10)8-7(9)11/h3-4H,1-2H3,(H3,9,11,12,14);3-5H,1-2H3,(H2,9,10,11);3-5H,1-2H3,(H2,8,9,11);3-5H,1-2H3,(H,8,10,11). The summed E-state index contributed by atoms with van der Waals surface area (Å²) in [5.74, 6) is 0.821. The zero-order chi connectivity index (χ0) is 36.6. The highest BCUT2D eigenvalue weighted by molar-refractivity contribution is 5.81. The molecule has 6 heterocycles. The SMILES string of the molecule is CC(C)n1ccc(=O)[nH]c1=O.CC(C)n1ccc(N)nc1=O.CC(C)n1cnc2c(=O)[nH]c(N)nc21.CC(C)n1cnc2c(N)ncnc21. The maximum absolute atomic E-state index is 11.4. The van der Waals surface area contributed by atoms with Crippen LogP contribution < -0.4 is 39.7 Å². The third-order valence-corrected chi connectivity index (χ3v) is 6.77. The van der Waals surface area contributed by atoms with Crippen molar-refractivity contribution in [1.29, 1.82) is 0 Å². The number of fused-ring (bicyclic) bond motifs is 2. The van der Waals surface area contributed by atoms with E-state index in [9.17, 15) is 19.2 Å². The fraction of sp³-hybridized carbons (Fsp3) is 0.400.